The highest BCUT2D eigenvalue weighted by Crippen LogP contribution is 2.48. The van der Waals surface area contributed by atoms with Gasteiger partial charge in [-0.2, -0.15) is 0 Å². The third-order valence-electron chi connectivity index (χ3n) is 5.62. The van der Waals surface area contributed by atoms with E-state index in [2.05, 4.69) is 52.8 Å². The molecule has 1 aliphatic heterocycles. The first kappa shape index (κ1) is 17.5. The van der Waals surface area contributed by atoms with Crippen LogP contribution in [0.5, 0.6) is 0 Å². The Labute approximate surface area is 145 Å². The van der Waals surface area contributed by atoms with Gasteiger partial charge in [-0.1, -0.05) is 23.8 Å². The zero-order chi connectivity index (χ0) is 17.7. The molecule has 3 rings (SSSR count). The fraction of sp³-hybridized carbons (Fsp3) is 0.632. The lowest BCUT2D eigenvalue weighted by Crippen LogP contribution is -2.41. The summed E-state index contributed by atoms with van der Waals surface area (Å²) < 4.78 is 17.5. The van der Waals surface area contributed by atoms with Gasteiger partial charge in [-0.15, -0.1) is 0 Å². The Morgan fingerprint density at radius 2 is 1.88 bits per heavy atom. The van der Waals surface area contributed by atoms with E-state index in [1.54, 1.807) is 0 Å². The highest BCUT2D eigenvalue weighted by Gasteiger charge is 2.52. The minimum absolute atomic E-state index is 0.00111. The summed E-state index contributed by atoms with van der Waals surface area (Å²) in [5, 5.41) is 0. The molecule has 0 N–H and O–H groups in total. The fourth-order valence-corrected chi connectivity index (χ4v) is 3.19. The Morgan fingerprint density at radius 1 is 1.25 bits per heavy atom. The van der Waals surface area contributed by atoms with Crippen LogP contribution in [-0.2, 0) is 18.8 Å². The van der Waals surface area contributed by atoms with Gasteiger partial charge in [0, 0.05) is 0 Å². The average molecular weight is 330 g/mol. The lowest BCUT2D eigenvalue weighted by Gasteiger charge is -2.32. The average Bonchev–Trinajstić information content (AvgIpc) is 3.23. The predicted molar refractivity (Wildman–Crippen MR) is 94.4 cm³/mol. The van der Waals surface area contributed by atoms with E-state index >= 15 is 0 Å². The van der Waals surface area contributed by atoms with Gasteiger partial charge in [0.15, 0.2) is 0 Å². The number of carbonyl (C=O) groups is 1. The maximum atomic E-state index is 11.9. The fourth-order valence-electron chi connectivity index (χ4n) is 3.19. The maximum Gasteiger partial charge on any atom is 0.495 e. The summed E-state index contributed by atoms with van der Waals surface area (Å²) in [4.78, 5) is 11.9. The van der Waals surface area contributed by atoms with Gasteiger partial charge in [-0.25, -0.2) is 0 Å². The number of aryl methyl sites for hydroxylation is 1. The van der Waals surface area contributed by atoms with Crippen molar-refractivity contribution in [2.45, 2.75) is 65.1 Å². The molecule has 0 unspecified atom stereocenters. The molecule has 24 heavy (non-hydrogen) atoms. The molecule has 0 bridgehead atoms. The molecule has 2 fully saturated rings. The van der Waals surface area contributed by atoms with Gasteiger partial charge >= 0.3 is 13.1 Å². The van der Waals surface area contributed by atoms with E-state index in [0.717, 1.165) is 17.4 Å². The van der Waals surface area contributed by atoms with Gasteiger partial charge in [-0.05, 0) is 64.9 Å². The van der Waals surface area contributed by atoms with Crippen LogP contribution in [0, 0.1) is 12.8 Å². The Hall–Kier alpha value is -1.33. The van der Waals surface area contributed by atoms with Gasteiger partial charge in [0.1, 0.15) is 0 Å². The number of hydrogen-bond acceptors (Lipinski definition) is 4. The Balaban J connectivity index is 1.81. The van der Waals surface area contributed by atoms with Crippen molar-refractivity contribution < 1.29 is 18.8 Å². The van der Waals surface area contributed by atoms with Crippen LogP contribution in [0.25, 0.3) is 0 Å². The van der Waals surface area contributed by atoms with E-state index in [4.69, 9.17) is 14.0 Å². The highest BCUT2D eigenvalue weighted by molar-refractivity contribution is 6.62. The van der Waals surface area contributed by atoms with E-state index in [1.807, 2.05) is 6.92 Å². The van der Waals surface area contributed by atoms with Crippen molar-refractivity contribution in [2.75, 3.05) is 6.61 Å². The number of hydrogen-bond donors (Lipinski definition) is 0. The smallest absolute Gasteiger partial charge is 0.466 e. The molecule has 4 nitrogen and oxygen atoms in total. The van der Waals surface area contributed by atoms with Crippen molar-refractivity contribution in [3.63, 3.8) is 0 Å². The molecule has 1 saturated heterocycles. The lowest BCUT2D eigenvalue weighted by molar-refractivity contribution is -0.144. The molecule has 1 aromatic carbocycles. The first-order chi connectivity index (χ1) is 11.2. The lowest BCUT2D eigenvalue weighted by atomic mass is 9.75. The quantitative estimate of drug-likeness (QED) is 0.629. The van der Waals surface area contributed by atoms with Crippen LogP contribution in [0.15, 0.2) is 18.2 Å². The normalized spacial score (nSPS) is 27.2. The van der Waals surface area contributed by atoms with Crippen LogP contribution in [0.2, 0.25) is 0 Å². The number of benzene rings is 1. The van der Waals surface area contributed by atoms with E-state index in [0.29, 0.717) is 6.61 Å². The van der Waals surface area contributed by atoms with Gasteiger partial charge in [0.25, 0.3) is 0 Å². The van der Waals surface area contributed by atoms with Crippen molar-refractivity contribution in [3.05, 3.63) is 29.3 Å². The van der Waals surface area contributed by atoms with Crippen molar-refractivity contribution in [1.29, 1.82) is 0 Å². The number of rotatable bonds is 4. The standard InChI is InChI=1S/C19H27BO4/c1-7-22-17(21)15-11-14(15)13-9-8-12(2)16(10-13)20-23-18(3,4)19(5,6)24-20/h8-10,14-15H,7,11H2,1-6H3/t14-,15+/m0/s1. The molecule has 1 saturated carbocycles. The number of carbonyl (C=O) groups excluding carboxylic acids is 1. The van der Waals surface area contributed by atoms with Gasteiger partial charge in [0.05, 0.1) is 23.7 Å². The summed E-state index contributed by atoms with van der Waals surface area (Å²) >= 11 is 0. The van der Waals surface area contributed by atoms with Crippen molar-refractivity contribution in [3.8, 4) is 0 Å². The molecule has 130 valence electrons. The predicted octanol–water partition coefficient (Wildman–Crippen LogP) is 2.96. The summed E-state index contributed by atoms with van der Waals surface area (Å²) in [5.74, 6) is 0.171. The second kappa shape index (κ2) is 5.89. The van der Waals surface area contributed by atoms with Crippen LogP contribution in [0.3, 0.4) is 0 Å². The summed E-state index contributed by atoms with van der Waals surface area (Å²) in [5.41, 5.74) is 2.66. The summed E-state index contributed by atoms with van der Waals surface area (Å²) in [6.45, 7) is 12.6. The molecule has 0 spiro atoms. The highest BCUT2D eigenvalue weighted by atomic mass is 16.7. The Bertz CT molecular complexity index is 637. The topological polar surface area (TPSA) is 44.8 Å². The SMILES string of the molecule is CCOC(=O)[C@@H]1C[C@H]1c1ccc(C)c(B2OC(C)(C)C(C)(C)O2)c1. The first-order valence-electron chi connectivity index (χ1n) is 8.79. The van der Waals surface area contributed by atoms with Crippen molar-refractivity contribution in [1.82, 2.24) is 0 Å². The molecule has 0 radical (unpaired) electrons. The molecule has 1 aliphatic carbocycles. The van der Waals surface area contributed by atoms with Crippen LogP contribution < -0.4 is 5.46 Å². The molecule has 5 heteroatoms. The summed E-state index contributed by atoms with van der Waals surface area (Å²) in [6, 6.07) is 6.34. The molecule has 2 atom stereocenters. The van der Waals surface area contributed by atoms with Crippen LogP contribution in [0.1, 0.15) is 58.1 Å². The zero-order valence-electron chi connectivity index (χ0n) is 15.5. The summed E-state index contributed by atoms with van der Waals surface area (Å²) in [6.07, 6.45) is 0.866. The van der Waals surface area contributed by atoms with Gasteiger partial charge in [-0.3, -0.25) is 4.79 Å². The molecule has 0 aromatic heterocycles. The van der Waals surface area contributed by atoms with Gasteiger partial charge < -0.3 is 14.0 Å². The second-order valence-corrected chi connectivity index (χ2v) is 7.91. The molecule has 0 amide bonds. The van der Waals surface area contributed by atoms with E-state index in [1.165, 1.54) is 5.56 Å². The Morgan fingerprint density at radius 3 is 2.46 bits per heavy atom. The first-order valence-corrected chi connectivity index (χ1v) is 8.79. The van der Waals surface area contributed by atoms with Crippen LogP contribution >= 0.6 is 0 Å². The largest absolute Gasteiger partial charge is 0.495 e. The monoisotopic (exact) mass is 330 g/mol. The Kier molecular flexibility index (Phi) is 4.29. The van der Waals surface area contributed by atoms with Crippen LogP contribution in [-0.4, -0.2) is 30.9 Å². The van der Waals surface area contributed by atoms with E-state index < -0.39 is 0 Å². The van der Waals surface area contributed by atoms with Crippen LogP contribution in [0.4, 0.5) is 0 Å². The van der Waals surface area contributed by atoms with Crippen molar-refractivity contribution in [2.24, 2.45) is 5.92 Å². The maximum absolute atomic E-state index is 11.9. The van der Waals surface area contributed by atoms with E-state index in [-0.39, 0.29) is 36.1 Å². The van der Waals surface area contributed by atoms with E-state index in [9.17, 15) is 4.79 Å². The summed E-state index contributed by atoms with van der Waals surface area (Å²) in [7, 11) is -0.366. The zero-order valence-corrected chi connectivity index (χ0v) is 15.5. The molecule has 1 aromatic rings. The minimum atomic E-state index is -0.366. The number of esters is 1. The third-order valence-corrected chi connectivity index (χ3v) is 5.62. The van der Waals surface area contributed by atoms with Gasteiger partial charge in [0.2, 0.25) is 0 Å². The number of ether oxygens (including phenoxy) is 1. The third kappa shape index (κ3) is 3.00. The molecule has 1 heterocycles. The molecule has 2 aliphatic rings. The minimum Gasteiger partial charge on any atom is -0.466 e. The molecular formula is C19H27BO4. The second-order valence-electron chi connectivity index (χ2n) is 7.91. The molecular weight excluding hydrogens is 303 g/mol. The van der Waals surface area contributed by atoms with Crippen molar-refractivity contribution >= 4 is 18.6 Å².